The first-order valence-electron chi connectivity index (χ1n) is 4.07. The van der Waals surface area contributed by atoms with Gasteiger partial charge in [0.25, 0.3) is 5.91 Å². The number of rotatable bonds is 3. The molecule has 0 spiro atoms. The summed E-state index contributed by atoms with van der Waals surface area (Å²) in [4.78, 5) is 14.9. The molecule has 3 heteroatoms. The van der Waals surface area contributed by atoms with E-state index in [-0.39, 0.29) is 5.91 Å². The van der Waals surface area contributed by atoms with Crippen LogP contribution in [-0.4, -0.2) is 43.9 Å². The molecule has 0 saturated heterocycles. The molecule has 0 aliphatic heterocycles. The maximum Gasteiger partial charge on any atom is 0.250 e. The van der Waals surface area contributed by atoms with Gasteiger partial charge in [-0.25, -0.2) is 0 Å². The standard InChI is InChI=1S/C9H18N2O/c1-6-8(7-10(2)3)9(12)11(4)5/h7H,6H2,1-5H3/b8-7+. The van der Waals surface area contributed by atoms with Crippen molar-refractivity contribution < 1.29 is 4.79 Å². The van der Waals surface area contributed by atoms with Crippen LogP contribution in [0.15, 0.2) is 11.8 Å². The SMILES string of the molecule is CC/C(=C\N(C)C)C(=O)N(C)C. The molecule has 0 heterocycles. The topological polar surface area (TPSA) is 23.6 Å². The largest absolute Gasteiger partial charge is 0.383 e. The molecule has 0 fully saturated rings. The summed E-state index contributed by atoms with van der Waals surface area (Å²) in [5.41, 5.74) is 0.838. The van der Waals surface area contributed by atoms with E-state index in [4.69, 9.17) is 0 Å². The first-order chi connectivity index (χ1) is 5.49. The van der Waals surface area contributed by atoms with Crippen LogP contribution in [0, 0.1) is 0 Å². The zero-order chi connectivity index (χ0) is 9.72. The summed E-state index contributed by atoms with van der Waals surface area (Å²) in [5, 5.41) is 0. The fourth-order valence-electron chi connectivity index (χ4n) is 0.897. The third-order valence-corrected chi connectivity index (χ3v) is 1.48. The van der Waals surface area contributed by atoms with E-state index in [1.807, 2.05) is 32.1 Å². The molecule has 0 aliphatic carbocycles. The lowest BCUT2D eigenvalue weighted by Crippen LogP contribution is -2.24. The van der Waals surface area contributed by atoms with Gasteiger partial charge >= 0.3 is 0 Å². The van der Waals surface area contributed by atoms with Crippen LogP contribution in [0.3, 0.4) is 0 Å². The van der Waals surface area contributed by atoms with Gasteiger partial charge in [-0.3, -0.25) is 4.79 Å². The molecule has 0 N–H and O–H groups in total. The van der Waals surface area contributed by atoms with Gasteiger partial charge in [-0.05, 0) is 6.42 Å². The quantitative estimate of drug-likeness (QED) is 0.588. The molecule has 0 atom stereocenters. The Morgan fingerprint density at radius 3 is 2.00 bits per heavy atom. The van der Waals surface area contributed by atoms with Crippen molar-refractivity contribution in [3.63, 3.8) is 0 Å². The van der Waals surface area contributed by atoms with Crippen molar-refractivity contribution in [2.24, 2.45) is 0 Å². The summed E-state index contributed by atoms with van der Waals surface area (Å²) in [7, 11) is 7.36. The molecule has 70 valence electrons. The Balaban J connectivity index is 4.45. The second-order valence-electron chi connectivity index (χ2n) is 3.17. The van der Waals surface area contributed by atoms with E-state index < -0.39 is 0 Å². The van der Waals surface area contributed by atoms with Crippen LogP contribution in [0.25, 0.3) is 0 Å². The minimum atomic E-state index is 0.0891. The Bertz CT molecular complexity index is 183. The molecular weight excluding hydrogens is 152 g/mol. The first-order valence-corrected chi connectivity index (χ1v) is 4.07. The van der Waals surface area contributed by atoms with Crippen molar-refractivity contribution in [3.05, 3.63) is 11.8 Å². The normalized spacial score (nSPS) is 11.2. The molecule has 0 aromatic carbocycles. The summed E-state index contributed by atoms with van der Waals surface area (Å²) in [6.07, 6.45) is 2.64. The lowest BCUT2D eigenvalue weighted by molar-refractivity contribution is -0.124. The Kier molecular flexibility index (Phi) is 4.40. The van der Waals surface area contributed by atoms with E-state index in [1.54, 1.807) is 19.0 Å². The van der Waals surface area contributed by atoms with Gasteiger partial charge in [-0.15, -0.1) is 0 Å². The van der Waals surface area contributed by atoms with Gasteiger partial charge in [0.1, 0.15) is 0 Å². The van der Waals surface area contributed by atoms with Crippen LogP contribution >= 0.6 is 0 Å². The molecule has 0 bridgehead atoms. The zero-order valence-electron chi connectivity index (χ0n) is 8.59. The minimum Gasteiger partial charge on any atom is -0.383 e. The van der Waals surface area contributed by atoms with Gasteiger partial charge in [-0.2, -0.15) is 0 Å². The highest BCUT2D eigenvalue weighted by Crippen LogP contribution is 2.04. The molecule has 0 aromatic rings. The van der Waals surface area contributed by atoms with Gasteiger partial charge in [0, 0.05) is 40.0 Å². The van der Waals surface area contributed by atoms with E-state index in [0.29, 0.717) is 0 Å². The predicted molar refractivity (Wildman–Crippen MR) is 50.8 cm³/mol. The fraction of sp³-hybridized carbons (Fsp3) is 0.667. The van der Waals surface area contributed by atoms with Crippen LogP contribution in [0.5, 0.6) is 0 Å². The van der Waals surface area contributed by atoms with Crippen LogP contribution in [0.2, 0.25) is 0 Å². The monoisotopic (exact) mass is 170 g/mol. The highest BCUT2D eigenvalue weighted by Gasteiger charge is 2.08. The second kappa shape index (κ2) is 4.80. The van der Waals surface area contributed by atoms with Crippen molar-refractivity contribution >= 4 is 5.91 Å². The van der Waals surface area contributed by atoms with Crippen molar-refractivity contribution in [1.29, 1.82) is 0 Å². The smallest absolute Gasteiger partial charge is 0.250 e. The molecule has 0 aliphatic rings. The van der Waals surface area contributed by atoms with Crippen LogP contribution < -0.4 is 0 Å². The number of carbonyl (C=O) groups is 1. The number of amides is 1. The van der Waals surface area contributed by atoms with Gasteiger partial charge < -0.3 is 9.80 Å². The van der Waals surface area contributed by atoms with Crippen LogP contribution in [-0.2, 0) is 4.79 Å². The van der Waals surface area contributed by atoms with Crippen molar-refractivity contribution in [2.75, 3.05) is 28.2 Å². The average Bonchev–Trinajstić information content (AvgIpc) is 1.98. The molecule has 3 nitrogen and oxygen atoms in total. The first kappa shape index (κ1) is 11.0. The number of nitrogens with zero attached hydrogens (tertiary/aromatic N) is 2. The Hall–Kier alpha value is -0.990. The van der Waals surface area contributed by atoms with Gasteiger partial charge in [0.2, 0.25) is 0 Å². The van der Waals surface area contributed by atoms with Crippen LogP contribution in [0.1, 0.15) is 13.3 Å². The Morgan fingerprint density at radius 1 is 1.25 bits per heavy atom. The van der Waals surface area contributed by atoms with Crippen molar-refractivity contribution in [2.45, 2.75) is 13.3 Å². The second-order valence-corrected chi connectivity index (χ2v) is 3.17. The third kappa shape index (κ3) is 3.42. The maximum absolute atomic E-state index is 11.4. The highest BCUT2D eigenvalue weighted by atomic mass is 16.2. The molecule has 12 heavy (non-hydrogen) atoms. The lowest BCUT2D eigenvalue weighted by atomic mass is 10.2. The summed E-state index contributed by atoms with van der Waals surface area (Å²) in [6.45, 7) is 1.98. The molecule has 0 saturated carbocycles. The minimum absolute atomic E-state index is 0.0891. The summed E-state index contributed by atoms with van der Waals surface area (Å²) in [6, 6.07) is 0. The summed E-state index contributed by atoms with van der Waals surface area (Å²) < 4.78 is 0. The molecule has 0 aromatic heterocycles. The molecular formula is C9H18N2O. The van der Waals surface area contributed by atoms with E-state index in [9.17, 15) is 4.79 Å². The number of carbonyl (C=O) groups excluding carboxylic acids is 1. The van der Waals surface area contributed by atoms with E-state index >= 15 is 0 Å². The predicted octanol–water partition coefficient (Wildman–Crippen LogP) is 0.930. The average molecular weight is 170 g/mol. The van der Waals surface area contributed by atoms with Crippen LogP contribution in [0.4, 0.5) is 0 Å². The van der Waals surface area contributed by atoms with Gasteiger partial charge in [-0.1, -0.05) is 6.92 Å². The van der Waals surface area contributed by atoms with Gasteiger partial charge in [0.15, 0.2) is 0 Å². The third-order valence-electron chi connectivity index (χ3n) is 1.48. The fourth-order valence-corrected chi connectivity index (χ4v) is 0.897. The lowest BCUT2D eigenvalue weighted by Gasteiger charge is -2.14. The molecule has 0 rings (SSSR count). The Morgan fingerprint density at radius 2 is 1.75 bits per heavy atom. The Labute approximate surface area is 74.7 Å². The highest BCUT2D eigenvalue weighted by molar-refractivity contribution is 5.92. The zero-order valence-corrected chi connectivity index (χ0v) is 8.59. The maximum atomic E-state index is 11.4. The van der Waals surface area contributed by atoms with Crippen molar-refractivity contribution in [3.8, 4) is 0 Å². The summed E-state index contributed by atoms with van der Waals surface area (Å²) >= 11 is 0. The molecule has 1 amide bonds. The number of hydrogen-bond acceptors (Lipinski definition) is 2. The van der Waals surface area contributed by atoms with Crippen molar-refractivity contribution in [1.82, 2.24) is 9.80 Å². The van der Waals surface area contributed by atoms with E-state index in [1.165, 1.54) is 0 Å². The molecule has 0 unspecified atom stereocenters. The van der Waals surface area contributed by atoms with E-state index in [2.05, 4.69) is 0 Å². The molecule has 0 radical (unpaired) electrons. The van der Waals surface area contributed by atoms with Gasteiger partial charge in [0.05, 0.1) is 0 Å². The summed E-state index contributed by atoms with van der Waals surface area (Å²) in [5.74, 6) is 0.0891. The number of likely N-dealkylation sites (N-methyl/N-ethyl adjacent to an activating group) is 1. The van der Waals surface area contributed by atoms with E-state index in [0.717, 1.165) is 12.0 Å². The number of hydrogen-bond donors (Lipinski definition) is 0.